The quantitative estimate of drug-likeness (QED) is 0.425. The molecule has 6 nitrogen and oxygen atoms in total. The van der Waals surface area contributed by atoms with Crippen molar-refractivity contribution in [1.82, 2.24) is 9.80 Å². The number of carbonyl (C=O) groups is 2. The molecular formula is C25H27ClN2O4S. The lowest BCUT2D eigenvalue weighted by Gasteiger charge is -2.38. The van der Waals surface area contributed by atoms with Gasteiger partial charge in [0.2, 0.25) is 5.91 Å². The van der Waals surface area contributed by atoms with Crippen LogP contribution in [0.1, 0.15) is 47.3 Å². The van der Waals surface area contributed by atoms with Crippen molar-refractivity contribution < 1.29 is 18.7 Å². The molecular weight excluding hydrogens is 460 g/mol. The van der Waals surface area contributed by atoms with Gasteiger partial charge in [-0.25, -0.2) is 0 Å². The molecule has 2 amide bonds. The molecule has 3 heterocycles. The molecule has 3 aromatic rings. The van der Waals surface area contributed by atoms with Crippen LogP contribution in [0, 0.1) is 0 Å². The molecule has 0 spiro atoms. The monoisotopic (exact) mass is 486 g/mol. The third-order valence-corrected chi connectivity index (χ3v) is 7.31. The van der Waals surface area contributed by atoms with Crippen molar-refractivity contribution in [3.8, 4) is 5.75 Å². The molecule has 0 saturated carbocycles. The maximum absolute atomic E-state index is 13.5. The Labute approximate surface area is 202 Å². The first kappa shape index (κ1) is 23.4. The first-order valence-electron chi connectivity index (χ1n) is 11.1. The Balaban J connectivity index is 1.53. The predicted molar refractivity (Wildman–Crippen MR) is 129 cm³/mol. The van der Waals surface area contributed by atoms with Gasteiger partial charge in [0.25, 0.3) is 5.91 Å². The first-order valence-corrected chi connectivity index (χ1v) is 12.3. The number of fused-ring (bicyclic) bond motifs is 1. The zero-order valence-corrected chi connectivity index (χ0v) is 20.3. The molecule has 8 heteroatoms. The SMILES string of the molecule is CC[C@@H](C)N(CC(=O)N1CCc2sccc2[C@H]1COc1ccc(Cl)cc1)C(=O)c1ccco1. The highest BCUT2D eigenvalue weighted by Crippen LogP contribution is 2.34. The number of amides is 2. The Morgan fingerprint density at radius 2 is 2.06 bits per heavy atom. The minimum absolute atomic E-state index is 0.00848. The Morgan fingerprint density at radius 1 is 1.27 bits per heavy atom. The number of rotatable bonds is 8. The summed E-state index contributed by atoms with van der Waals surface area (Å²) >= 11 is 7.68. The van der Waals surface area contributed by atoms with E-state index in [1.165, 1.54) is 11.1 Å². The summed E-state index contributed by atoms with van der Waals surface area (Å²) in [6.07, 6.45) is 3.00. The third kappa shape index (κ3) is 5.25. The molecule has 1 aromatic carbocycles. The van der Waals surface area contributed by atoms with Gasteiger partial charge in [0.1, 0.15) is 18.9 Å². The zero-order chi connectivity index (χ0) is 23.4. The highest BCUT2D eigenvalue weighted by Gasteiger charge is 2.34. The highest BCUT2D eigenvalue weighted by molar-refractivity contribution is 7.10. The molecule has 0 unspecified atom stereocenters. The van der Waals surface area contributed by atoms with Crippen LogP contribution in [0.4, 0.5) is 0 Å². The van der Waals surface area contributed by atoms with E-state index in [0.717, 1.165) is 18.4 Å². The van der Waals surface area contributed by atoms with Gasteiger partial charge in [-0.15, -0.1) is 11.3 Å². The summed E-state index contributed by atoms with van der Waals surface area (Å²) in [4.78, 5) is 31.3. The van der Waals surface area contributed by atoms with Gasteiger partial charge in [-0.1, -0.05) is 18.5 Å². The van der Waals surface area contributed by atoms with Crippen LogP contribution in [0.2, 0.25) is 5.02 Å². The van der Waals surface area contributed by atoms with E-state index in [1.807, 2.05) is 30.9 Å². The van der Waals surface area contributed by atoms with Gasteiger partial charge in [0.05, 0.1) is 12.3 Å². The van der Waals surface area contributed by atoms with Crippen molar-refractivity contribution in [2.75, 3.05) is 19.7 Å². The van der Waals surface area contributed by atoms with Crippen LogP contribution in [0.15, 0.2) is 58.5 Å². The average molecular weight is 487 g/mol. The molecule has 2 aromatic heterocycles. The molecule has 0 N–H and O–H groups in total. The predicted octanol–water partition coefficient (Wildman–Crippen LogP) is 5.44. The lowest BCUT2D eigenvalue weighted by molar-refractivity contribution is -0.136. The highest BCUT2D eigenvalue weighted by atomic mass is 35.5. The van der Waals surface area contributed by atoms with Crippen LogP contribution in [0.3, 0.4) is 0 Å². The molecule has 1 aliphatic rings. The summed E-state index contributed by atoms with van der Waals surface area (Å²) in [6, 6.07) is 12.2. The Hall–Kier alpha value is -2.77. The lowest BCUT2D eigenvalue weighted by Crippen LogP contribution is -2.49. The third-order valence-electron chi connectivity index (χ3n) is 6.06. The summed E-state index contributed by atoms with van der Waals surface area (Å²) in [5.41, 5.74) is 1.11. The molecule has 0 saturated heterocycles. The number of benzene rings is 1. The van der Waals surface area contributed by atoms with Crippen molar-refractivity contribution >= 4 is 34.8 Å². The maximum Gasteiger partial charge on any atom is 0.290 e. The maximum atomic E-state index is 13.5. The van der Waals surface area contributed by atoms with Crippen molar-refractivity contribution in [1.29, 1.82) is 0 Å². The fraction of sp³-hybridized carbons (Fsp3) is 0.360. The molecule has 2 atom stereocenters. The number of furan rings is 1. The zero-order valence-electron chi connectivity index (χ0n) is 18.7. The van der Waals surface area contributed by atoms with Crippen LogP contribution in [0.5, 0.6) is 5.75 Å². The van der Waals surface area contributed by atoms with Crippen molar-refractivity contribution in [2.24, 2.45) is 0 Å². The van der Waals surface area contributed by atoms with Gasteiger partial charge in [-0.05, 0) is 73.2 Å². The number of thiophene rings is 1. The number of hydrogen-bond acceptors (Lipinski definition) is 5. The molecule has 1 aliphatic heterocycles. The number of halogens is 1. The fourth-order valence-corrected chi connectivity index (χ4v) is 5.06. The van der Waals surface area contributed by atoms with Crippen LogP contribution in [-0.4, -0.2) is 47.4 Å². The molecule has 0 radical (unpaired) electrons. The Morgan fingerprint density at radius 3 is 2.76 bits per heavy atom. The van der Waals surface area contributed by atoms with Gasteiger partial charge in [0.15, 0.2) is 5.76 Å². The Bertz CT molecular complexity index is 1080. The smallest absolute Gasteiger partial charge is 0.290 e. The Kier molecular flexibility index (Phi) is 7.40. The number of ether oxygens (including phenoxy) is 1. The minimum atomic E-state index is -0.273. The summed E-state index contributed by atoms with van der Waals surface area (Å²) in [6.45, 7) is 4.85. The number of nitrogens with zero attached hydrogens (tertiary/aromatic N) is 2. The van der Waals surface area contributed by atoms with Gasteiger partial charge >= 0.3 is 0 Å². The summed E-state index contributed by atoms with van der Waals surface area (Å²) in [7, 11) is 0. The van der Waals surface area contributed by atoms with Gasteiger partial charge in [0, 0.05) is 22.5 Å². The minimum Gasteiger partial charge on any atom is -0.491 e. The van der Waals surface area contributed by atoms with Gasteiger partial charge in [-0.2, -0.15) is 0 Å². The van der Waals surface area contributed by atoms with E-state index >= 15 is 0 Å². The topological polar surface area (TPSA) is 63.0 Å². The summed E-state index contributed by atoms with van der Waals surface area (Å²) < 4.78 is 11.4. The van der Waals surface area contributed by atoms with E-state index in [9.17, 15) is 9.59 Å². The largest absolute Gasteiger partial charge is 0.491 e. The summed E-state index contributed by atoms with van der Waals surface area (Å²) in [5, 5.41) is 2.70. The second-order valence-electron chi connectivity index (χ2n) is 8.08. The number of carbonyl (C=O) groups excluding carboxylic acids is 2. The number of hydrogen-bond donors (Lipinski definition) is 0. The molecule has 4 rings (SSSR count). The van der Waals surface area contributed by atoms with Gasteiger partial charge in [-0.3, -0.25) is 9.59 Å². The van der Waals surface area contributed by atoms with Gasteiger partial charge < -0.3 is 19.0 Å². The second kappa shape index (κ2) is 10.4. The van der Waals surface area contributed by atoms with Crippen LogP contribution in [0.25, 0.3) is 0 Å². The van der Waals surface area contributed by atoms with E-state index in [-0.39, 0.29) is 36.2 Å². The van der Waals surface area contributed by atoms with E-state index < -0.39 is 0 Å². The standard InChI is InChI=1S/C25H27ClN2O4S/c1-3-17(2)28(25(30)22-5-4-13-31-22)15-24(29)27-12-10-23-20(11-14-33-23)21(27)16-32-19-8-6-18(26)7-9-19/h4-9,11,13-14,17,21H,3,10,12,15-16H2,1-2H3/t17-,21-/m1/s1. The van der Waals surface area contributed by atoms with E-state index in [1.54, 1.807) is 40.5 Å². The van der Waals surface area contributed by atoms with E-state index in [2.05, 4.69) is 11.4 Å². The average Bonchev–Trinajstić information content (AvgIpc) is 3.53. The van der Waals surface area contributed by atoms with Crippen molar-refractivity contribution in [3.05, 3.63) is 75.3 Å². The molecule has 33 heavy (non-hydrogen) atoms. The van der Waals surface area contributed by atoms with Crippen LogP contribution >= 0.6 is 22.9 Å². The van der Waals surface area contributed by atoms with Crippen molar-refractivity contribution in [3.63, 3.8) is 0 Å². The van der Waals surface area contributed by atoms with Crippen molar-refractivity contribution in [2.45, 2.75) is 38.8 Å². The summed E-state index contributed by atoms with van der Waals surface area (Å²) in [5.74, 6) is 0.564. The molecule has 0 bridgehead atoms. The second-order valence-corrected chi connectivity index (χ2v) is 9.52. The fourth-order valence-electron chi connectivity index (χ4n) is 4.01. The normalized spacial score (nSPS) is 16.2. The molecule has 0 fully saturated rings. The van der Waals surface area contributed by atoms with Crippen LogP contribution in [-0.2, 0) is 11.2 Å². The molecule has 0 aliphatic carbocycles. The van der Waals surface area contributed by atoms with E-state index in [4.69, 9.17) is 20.8 Å². The molecule has 174 valence electrons. The first-order chi connectivity index (χ1) is 16.0. The van der Waals surface area contributed by atoms with Crippen LogP contribution < -0.4 is 4.74 Å². The lowest BCUT2D eigenvalue weighted by atomic mass is 10.00. The van der Waals surface area contributed by atoms with E-state index in [0.29, 0.717) is 23.9 Å².